The third-order valence-electron chi connectivity index (χ3n) is 5.32. The van der Waals surface area contributed by atoms with Crippen LogP contribution < -0.4 is 15.0 Å². The second kappa shape index (κ2) is 9.18. The van der Waals surface area contributed by atoms with Crippen molar-refractivity contribution in [3.05, 3.63) is 66.0 Å². The number of carbonyl (C=O) groups excluding carboxylic acids is 4. The minimum Gasteiger partial charge on any atom is -0.492 e. The second-order valence-corrected chi connectivity index (χ2v) is 7.56. The summed E-state index contributed by atoms with van der Waals surface area (Å²) in [6.07, 6.45) is 0. The van der Waals surface area contributed by atoms with E-state index < -0.39 is 30.3 Å². The van der Waals surface area contributed by atoms with Gasteiger partial charge in [0.2, 0.25) is 5.91 Å². The van der Waals surface area contributed by atoms with E-state index in [1.165, 1.54) is 6.07 Å². The largest absolute Gasteiger partial charge is 0.492 e. The Balaban J connectivity index is 1.53. The summed E-state index contributed by atoms with van der Waals surface area (Å²) < 4.78 is 7.16. The van der Waals surface area contributed by atoms with Gasteiger partial charge in [0, 0.05) is 0 Å². The van der Waals surface area contributed by atoms with Crippen LogP contribution in [0.2, 0.25) is 0 Å². The number of hydrogen-bond acceptors (Lipinski definition) is 6. The second-order valence-electron chi connectivity index (χ2n) is 7.56. The lowest BCUT2D eigenvalue weighted by Crippen LogP contribution is -2.39. The van der Waals surface area contributed by atoms with Crippen molar-refractivity contribution >= 4 is 35.1 Å². The number of anilines is 2. The molecule has 1 saturated heterocycles. The van der Waals surface area contributed by atoms with Crippen molar-refractivity contribution in [3.8, 4) is 11.4 Å². The number of imide groups is 2. The molecule has 0 unspecified atom stereocenters. The van der Waals surface area contributed by atoms with E-state index in [0.717, 1.165) is 10.6 Å². The molecule has 0 saturated carbocycles. The monoisotopic (exact) mass is 461 g/mol. The summed E-state index contributed by atoms with van der Waals surface area (Å²) in [7, 11) is 0. The number of hydrogen-bond donors (Lipinski definition) is 1. The Labute approximate surface area is 195 Å². The molecule has 1 aliphatic heterocycles. The molecule has 1 aromatic heterocycles. The predicted molar refractivity (Wildman–Crippen MR) is 124 cm³/mol. The van der Waals surface area contributed by atoms with Crippen molar-refractivity contribution < 1.29 is 23.9 Å². The average Bonchev–Trinajstić information content (AvgIpc) is 3.22. The van der Waals surface area contributed by atoms with Gasteiger partial charge in [0.1, 0.15) is 12.3 Å². The molecule has 3 aromatic rings. The number of aryl methyl sites for hydroxylation is 1. The Bertz CT molecular complexity index is 1280. The first kappa shape index (κ1) is 22.7. The van der Waals surface area contributed by atoms with E-state index in [-0.39, 0.29) is 11.4 Å². The van der Waals surface area contributed by atoms with Crippen molar-refractivity contribution in [1.82, 2.24) is 14.7 Å². The third-order valence-corrected chi connectivity index (χ3v) is 5.32. The maximum absolute atomic E-state index is 13.0. The van der Waals surface area contributed by atoms with Crippen LogP contribution in [0.25, 0.3) is 5.69 Å². The van der Waals surface area contributed by atoms with Crippen LogP contribution in [0, 0.1) is 13.8 Å². The first-order chi connectivity index (χ1) is 16.3. The highest BCUT2D eigenvalue weighted by Gasteiger charge is 2.47. The molecule has 2 aromatic carbocycles. The van der Waals surface area contributed by atoms with Crippen LogP contribution in [0.4, 0.5) is 16.2 Å². The van der Waals surface area contributed by atoms with Crippen LogP contribution in [0.5, 0.6) is 5.75 Å². The number of ether oxygens (including phenoxy) is 1. The number of rotatable bonds is 7. The highest BCUT2D eigenvalue weighted by Crippen LogP contribution is 2.32. The molecule has 0 spiro atoms. The molecule has 34 heavy (non-hydrogen) atoms. The SMILES string of the molecule is CCOc1ccccc1N1C(=O)C(=O)N(CC(=O)Nc2c(C)nn(-c3ccccc3)c2C)C1=O. The Hall–Kier alpha value is -4.47. The Morgan fingerprint density at radius 3 is 2.35 bits per heavy atom. The zero-order valence-corrected chi connectivity index (χ0v) is 18.9. The van der Waals surface area contributed by atoms with Crippen molar-refractivity contribution in [3.63, 3.8) is 0 Å². The van der Waals surface area contributed by atoms with Gasteiger partial charge >= 0.3 is 17.8 Å². The van der Waals surface area contributed by atoms with Gasteiger partial charge in [-0.15, -0.1) is 0 Å². The van der Waals surface area contributed by atoms with Crippen LogP contribution in [0.15, 0.2) is 54.6 Å². The normalized spacial score (nSPS) is 13.6. The maximum Gasteiger partial charge on any atom is 0.339 e. The lowest BCUT2D eigenvalue weighted by Gasteiger charge is -2.18. The van der Waals surface area contributed by atoms with Crippen molar-refractivity contribution in [2.75, 3.05) is 23.4 Å². The van der Waals surface area contributed by atoms with Crippen LogP contribution in [0.3, 0.4) is 0 Å². The van der Waals surface area contributed by atoms with Crippen LogP contribution in [-0.4, -0.2) is 51.6 Å². The van der Waals surface area contributed by atoms with Crippen LogP contribution in [0.1, 0.15) is 18.3 Å². The molecule has 1 fully saturated rings. The molecule has 0 bridgehead atoms. The number of nitrogens with zero attached hydrogens (tertiary/aromatic N) is 4. The molecule has 0 aliphatic carbocycles. The molecular formula is C24H23N5O5. The molecule has 174 valence electrons. The minimum atomic E-state index is -1.08. The lowest BCUT2D eigenvalue weighted by atomic mass is 10.2. The zero-order chi connectivity index (χ0) is 24.4. The van der Waals surface area contributed by atoms with Crippen molar-refractivity contribution in [2.24, 2.45) is 0 Å². The van der Waals surface area contributed by atoms with Crippen molar-refractivity contribution in [1.29, 1.82) is 0 Å². The van der Waals surface area contributed by atoms with Gasteiger partial charge in [0.25, 0.3) is 0 Å². The molecule has 1 aliphatic rings. The number of benzene rings is 2. The summed E-state index contributed by atoms with van der Waals surface area (Å²) >= 11 is 0. The predicted octanol–water partition coefficient (Wildman–Crippen LogP) is 2.82. The average molecular weight is 461 g/mol. The maximum atomic E-state index is 13.0. The Morgan fingerprint density at radius 1 is 0.971 bits per heavy atom. The minimum absolute atomic E-state index is 0.145. The summed E-state index contributed by atoms with van der Waals surface area (Å²) in [5.41, 5.74) is 2.68. The number of amides is 5. The van der Waals surface area contributed by atoms with Gasteiger partial charge in [-0.1, -0.05) is 30.3 Å². The van der Waals surface area contributed by atoms with Gasteiger partial charge in [0.05, 0.1) is 35.1 Å². The smallest absolute Gasteiger partial charge is 0.339 e. The van der Waals surface area contributed by atoms with E-state index in [4.69, 9.17) is 4.74 Å². The van der Waals surface area contributed by atoms with Gasteiger partial charge < -0.3 is 10.1 Å². The van der Waals surface area contributed by atoms with E-state index in [9.17, 15) is 19.2 Å². The van der Waals surface area contributed by atoms with Gasteiger partial charge in [-0.25, -0.2) is 19.3 Å². The zero-order valence-electron chi connectivity index (χ0n) is 18.9. The quantitative estimate of drug-likeness (QED) is 0.428. The van der Waals surface area contributed by atoms with E-state index in [0.29, 0.717) is 28.6 Å². The van der Waals surface area contributed by atoms with E-state index in [1.54, 1.807) is 43.7 Å². The molecular weight excluding hydrogens is 438 g/mol. The van der Waals surface area contributed by atoms with Crippen LogP contribution >= 0.6 is 0 Å². The summed E-state index contributed by atoms with van der Waals surface area (Å²) in [6.45, 7) is 4.99. The fourth-order valence-electron chi connectivity index (χ4n) is 3.74. The van der Waals surface area contributed by atoms with Gasteiger partial charge in [-0.05, 0) is 45.0 Å². The Morgan fingerprint density at radius 2 is 1.65 bits per heavy atom. The van der Waals surface area contributed by atoms with Crippen LogP contribution in [-0.2, 0) is 14.4 Å². The van der Waals surface area contributed by atoms with Gasteiger partial charge in [-0.2, -0.15) is 5.10 Å². The summed E-state index contributed by atoms with van der Waals surface area (Å²) in [5.74, 6) is -2.48. The van der Waals surface area contributed by atoms with Crippen molar-refractivity contribution in [2.45, 2.75) is 20.8 Å². The molecule has 10 heteroatoms. The Kier molecular flexibility index (Phi) is 6.13. The first-order valence-electron chi connectivity index (χ1n) is 10.7. The lowest BCUT2D eigenvalue weighted by molar-refractivity contribution is -0.140. The molecule has 4 rings (SSSR count). The molecule has 0 radical (unpaired) electrons. The molecule has 0 atom stereocenters. The van der Waals surface area contributed by atoms with E-state index in [1.807, 2.05) is 30.3 Å². The number of para-hydroxylation sites is 3. The molecule has 10 nitrogen and oxygen atoms in total. The summed E-state index contributed by atoms with van der Waals surface area (Å²) in [4.78, 5) is 52.2. The van der Waals surface area contributed by atoms with E-state index >= 15 is 0 Å². The number of urea groups is 1. The first-order valence-corrected chi connectivity index (χ1v) is 10.7. The third kappa shape index (κ3) is 4.01. The molecule has 5 amide bonds. The summed E-state index contributed by atoms with van der Waals surface area (Å²) in [6, 6.07) is 14.9. The van der Waals surface area contributed by atoms with Gasteiger partial charge in [-0.3, -0.25) is 14.4 Å². The molecule has 2 heterocycles. The fraction of sp³-hybridized carbons (Fsp3) is 0.208. The number of aromatic nitrogens is 2. The fourth-order valence-corrected chi connectivity index (χ4v) is 3.74. The van der Waals surface area contributed by atoms with Gasteiger partial charge in [0.15, 0.2) is 0 Å². The highest BCUT2D eigenvalue weighted by atomic mass is 16.5. The van der Waals surface area contributed by atoms with E-state index in [2.05, 4.69) is 10.4 Å². The molecule has 1 N–H and O–H groups in total. The standard InChI is InChI=1S/C24H23N5O5/c1-4-34-19-13-9-8-12-18(19)28-23(32)22(31)27(24(28)33)14-20(30)25-21-15(2)26-29(16(21)3)17-10-6-5-7-11-17/h5-13H,4,14H2,1-3H3,(H,25,30). The highest BCUT2D eigenvalue weighted by molar-refractivity contribution is 6.53. The summed E-state index contributed by atoms with van der Waals surface area (Å²) in [5, 5.41) is 7.18. The topological polar surface area (TPSA) is 114 Å². The number of carbonyl (C=O) groups is 4. The number of nitrogens with one attached hydrogen (secondary N) is 1.